The number of quaternary nitrogens is 1. The summed E-state index contributed by atoms with van der Waals surface area (Å²) in [7, 11) is 4.74. The number of fused-ring (bicyclic) bond motifs is 5. The molecule has 1 heterocycles. The third-order valence-corrected chi connectivity index (χ3v) is 6.86. The molecule has 1 nitrogen and oxygen atoms in total. The number of rotatable bonds is 0. The molecule has 0 aromatic heterocycles. The molecule has 0 saturated carbocycles. The van der Waals surface area contributed by atoms with Gasteiger partial charge in [0.1, 0.15) is 5.69 Å². The second-order valence-electron chi connectivity index (χ2n) is 8.35. The van der Waals surface area contributed by atoms with Gasteiger partial charge in [0.05, 0.1) is 19.5 Å². The zero-order valence-electron chi connectivity index (χ0n) is 16.2. The Labute approximate surface area is 165 Å². The van der Waals surface area contributed by atoms with Crippen LogP contribution in [0.3, 0.4) is 0 Å². The summed E-state index contributed by atoms with van der Waals surface area (Å²) in [6.45, 7) is 0. The van der Waals surface area contributed by atoms with Crippen molar-refractivity contribution in [3.05, 3.63) is 113 Å². The lowest BCUT2D eigenvalue weighted by atomic mass is 9.73. The van der Waals surface area contributed by atoms with E-state index in [1.165, 1.54) is 44.3 Å². The third kappa shape index (κ3) is 1.67. The van der Waals surface area contributed by atoms with Gasteiger partial charge in [-0.3, -0.25) is 4.48 Å². The van der Waals surface area contributed by atoms with Crippen molar-refractivity contribution in [2.24, 2.45) is 0 Å². The topological polar surface area (TPSA) is 0 Å². The van der Waals surface area contributed by atoms with Crippen molar-refractivity contribution in [2.75, 3.05) is 14.1 Å². The van der Waals surface area contributed by atoms with Gasteiger partial charge in [-0.2, -0.15) is 0 Å². The first kappa shape index (κ1) is 15.9. The molecule has 0 radical (unpaired) electrons. The Balaban J connectivity index is 1.90. The van der Waals surface area contributed by atoms with E-state index in [4.69, 9.17) is 0 Å². The first-order valence-electron chi connectivity index (χ1n) is 9.90. The predicted octanol–water partition coefficient (Wildman–Crippen LogP) is 6.20. The molecule has 1 aliphatic heterocycles. The van der Waals surface area contributed by atoms with Crippen LogP contribution in [0.4, 0.5) is 5.69 Å². The Bertz CT molecular complexity index is 1240. The summed E-state index contributed by atoms with van der Waals surface area (Å²) in [4.78, 5) is 0. The summed E-state index contributed by atoms with van der Waals surface area (Å²) in [6, 6.07) is 31.4. The number of nitrogens with zero attached hydrogens (tertiary/aromatic N) is 1. The minimum absolute atomic E-state index is 0.278. The van der Waals surface area contributed by atoms with Crippen LogP contribution in [0, 0.1) is 0 Å². The monoisotopic (exact) mass is 360 g/mol. The maximum atomic E-state index is 2.37. The Morgan fingerprint density at radius 1 is 0.571 bits per heavy atom. The summed E-state index contributed by atoms with van der Waals surface area (Å²) in [5, 5.41) is 2.73. The smallest absolute Gasteiger partial charge is 0.182 e. The summed E-state index contributed by atoms with van der Waals surface area (Å²) in [5.41, 5.74) is 7.88. The van der Waals surface area contributed by atoms with E-state index in [0.717, 1.165) is 4.48 Å². The van der Waals surface area contributed by atoms with Crippen LogP contribution in [0.5, 0.6) is 0 Å². The van der Waals surface area contributed by atoms with Crippen LogP contribution in [0.2, 0.25) is 0 Å². The molecule has 4 aromatic rings. The second-order valence-corrected chi connectivity index (χ2v) is 8.35. The van der Waals surface area contributed by atoms with Gasteiger partial charge in [0.15, 0.2) is 5.54 Å². The van der Waals surface area contributed by atoms with E-state index >= 15 is 0 Å². The molecule has 4 aromatic carbocycles. The average molecular weight is 360 g/mol. The van der Waals surface area contributed by atoms with Crippen molar-refractivity contribution < 1.29 is 0 Å². The first-order chi connectivity index (χ1) is 13.7. The fourth-order valence-corrected chi connectivity index (χ4v) is 5.73. The number of hydrogen-bond acceptors (Lipinski definition) is 0. The number of hydrogen-bond donors (Lipinski definition) is 0. The summed E-state index contributed by atoms with van der Waals surface area (Å²) >= 11 is 0. The molecule has 6 rings (SSSR count). The minimum Gasteiger partial charge on any atom is -0.279 e. The molecule has 1 spiro atoms. The molecule has 1 aliphatic carbocycles. The maximum absolute atomic E-state index is 2.37. The molecule has 2 aliphatic rings. The highest BCUT2D eigenvalue weighted by molar-refractivity contribution is 6.02. The van der Waals surface area contributed by atoms with E-state index in [-0.39, 0.29) is 5.54 Å². The van der Waals surface area contributed by atoms with Crippen molar-refractivity contribution in [2.45, 2.75) is 5.54 Å². The van der Waals surface area contributed by atoms with Gasteiger partial charge in [-0.05, 0) is 22.6 Å². The minimum atomic E-state index is -0.278. The van der Waals surface area contributed by atoms with Gasteiger partial charge in [-0.15, -0.1) is 0 Å². The molecular weight excluding hydrogens is 338 g/mol. The number of benzene rings is 4. The van der Waals surface area contributed by atoms with Crippen LogP contribution in [-0.4, -0.2) is 14.1 Å². The molecule has 0 bridgehead atoms. The van der Waals surface area contributed by atoms with Crippen LogP contribution in [0.25, 0.3) is 22.9 Å². The largest absolute Gasteiger partial charge is 0.279 e. The van der Waals surface area contributed by atoms with Crippen LogP contribution in [0.15, 0.2) is 84.9 Å². The Morgan fingerprint density at radius 2 is 1.11 bits per heavy atom. The third-order valence-electron chi connectivity index (χ3n) is 6.86. The zero-order valence-corrected chi connectivity index (χ0v) is 16.2. The van der Waals surface area contributed by atoms with Gasteiger partial charge in [-0.1, -0.05) is 91.0 Å². The van der Waals surface area contributed by atoms with Crippen LogP contribution < -0.4 is 4.48 Å². The van der Waals surface area contributed by atoms with E-state index < -0.39 is 0 Å². The molecule has 0 amide bonds. The highest BCUT2D eigenvalue weighted by Gasteiger charge is 2.59. The van der Waals surface area contributed by atoms with Crippen LogP contribution >= 0.6 is 0 Å². The van der Waals surface area contributed by atoms with Gasteiger partial charge >= 0.3 is 0 Å². The zero-order chi connectivity index (χ0) is 18.9. The summed E-state index contributed by atoms with van der Waals surface area (Å²) in [6.07, 6.45) is 4.57. The Hall–Kier alpha value is -3.16. The van der Waals surface area contributed by atoms with Gasteiger partial charge < -0.3 is 0 Å². The van der Waals surface area contributed by atoms with Gasteiger partial charge in [0.2, 0.25) is 0 Å². The molecule has 0 N–H and O–H groups in total. The molecule has 0 atom stereocenters. The maximum Gasteiger partial charge on any atom is 0.182 e. The standard InChI is InChI=1S/C27H22N/c1-28(2)25-16-8-12-21-11-7-15-24(26(21)25)27(28)22-13-5-3-9-19(22)17-18-20-10-4-6-14-23(20)27/h3-18H,1-2H3/q+1. The van der Waals surface area contributed by atoms with E-state index in [1.807, 2.05) is 0 Å². The lowest BCUT2D eigenvalue weighted by molar-refractivity contribution is 0.262. The van der Waals surface area contributed by atoms with Crippen molar-refractivity contribution in [3.8, 4) is 0 Å². The van der Waals surface area contributed by atoms with Gasteiger partial charge in [0, 0.05) is 16.7 Å². The molecular formula is C27H22N+. The normalized spacial score (nSPS) is 17.4. The predicted molar refractivity (Wildman–Crippen MR) is 119 cm³/mol. The van der Waals surface area contributed by atoms with Crippen molar-refractivity contribution in [1.82, 2.24) is 4.48 Å². The fourth-order valence-electron chi connectivity index (χ4n) is 5.73. The van der Waals surface area contributed by atoms with Crippen LogP contribution in [0.1, 0.15) is 27.8 Å². The van der Waals surface area contributed by atoms with Crippen LogP contribution in [-0.2, 0) is 5.54 Å². The summed E-state index contributed by atoms with van der Waals surface area (Å²) in [5.74, 6) is 0. The molecule has 0 saturated heterocycles. The molecule has 1 heteroatoms. The van der Waals surface area contributed by atoms with Crippen molar-refractivity contribution >= 4 is 28.6 Å². The van der Waals surface area contributed by atoms with E-state index in [0.29, 0.717) is 0 Å². The van der Waals surface area contributed by atoms with Gasteiger partial charge in [0.25, 0.3) is 0 Å². The molecule has 28 heavy (non-hydrogen) atoms. The highest BCUT2D eigenvalue weighted by Crippen LogP contribution is 2.59. The Morgan fingerprint density at radius 3 is 1.75 bits per heavy atom. The Kier molecular flexibility index (Phi) is 2.95. The fraction of sp³-hybridized carbons (Fsp3) is 0.111. The SMILES string of the molecule is C[N+]1(C)c2cccc3cccc(c23)C12c1ccccc1C=Cc1ccccc12. The summed E-state index contributed by atoms with van der Waals surface area (Å²) < 4.78 is 0.777. The molecule has 0 fully saturated rings. The second kappa shape index (κ2) is 5.21. The lowest BCUT2D eigenvalue weighted by Gasteiger charge is -2.45. The van der Waals surface area contributed by atoms with E-state index in [9.17, 15) is 0 Å². The van der Waals surface area contributed by atoms with Crippen molar-refractivity contribution in [1.29, 1.82) is 0 Å². The quantitative estimate of drug-likeness (QED) is 0.328. The molecule has 0 unspecified atom stereocenters. The highest BCUT2D eigenvalue weighted by atomic mass is 15.4. The van der Waals surface area contributed by atoms with E-state index in [2.05, 4.69) is 111 Å². The van der Waals surface area contributed by atoms with E-state index in [1.54, 1.807) is 0 Å². The van der Waals surface area contributed by atoms with Crippen molar-refractivity contribution in [3.63, 3.8) is 0 Å². The van der Waals surface area contributed by atoms with Gasteiger partial charge in [-0.25, -0.2) is 0 Å². The lowest BCUT2D eigenvalue weighted by Crippen LogP contribution is -2.57. The first-order valence-corrected chi connectivity index (χ1v) is 9.90. The average Bonchev–Trinajstić information content (AvgIpc) is 2.85. The molecule has 134 valence electrons.